The van der Waals surface area contributed by atoms with E-state index in [-0.39, 0.29) is 23.8 Å². The van der Waals surface area contributed by atoms with E-state index in [1.807, 2.05) is 6.92 Å². The number of ether oxygens (including phenoxy) is 2. The number of carbonyl (C=O) groups is 3. The van der Waals surface area contributed by atoms with Crippen molar-refractivity contribution < 1.29 is 32.3 Å². The van der Waals surface area contributed by atoms with E-state index in [1.54, 1.807) is 24.3 Å². The van der Waals surface area contributed by atoms with Crippen LogP contribution in [0.15, 0.2) is 53.4 Å². The van der Waals surface area contributed by atoms with Gasteiger partial charge in [0.05, 0.1) is 17.9 Å². The Kier molecular flexibility index (Phi) is 8.71. The monoisotopic (exact) mass is 448 g/mol. The van der Waals surface area contributed by atoms with Gasteiger partial charge >= 0.3 is 5.97 Å². The van der Waals surface area contributed by atoms with Gasteiger partial charge in [-0.25, -0.2) is 13.1 Å². The van der Waals surface area contributed by atoms with Crippen molar-refractivity contribution in [3.8, 4) is 5.75 Å². The predicted molar refractivity (Wildman–Crippen MR) is 113 cm³/mol. The maximum Gasteiger partial charge on any atom is 0.307 e. The average Bonchev–Trinajstić information content (AvgIpc) is 2.72. The predicted octanol–water partition coefficient (Wildman–Crippen LogP) is 2.14. The smallest absolute Gasteiger partial charge is 0.307 e. The lowest BCUT2D eigenvalue weighted by Crippen LogP contribution is -2.27. The van der Waals surface area contributed by atoms with Crippen LogP contribution in [0.1, 0.15) is 30.6 Å². The highest BCUT2D eigenvalue weighted by molar-refractivity contribution is 7.89. The Balaban J connectivity index is 1.77. The van der Waals surface area contributed by atoms with Gasteiger partial charge in [-0.2, -0.15) is 0 Å². The van der Waals surface area contributed by atoms with Crippen molar-refractivity contribution in [1.29, 1.82) is 0 Å². The van der Waals surface area contributed by atoms with Crippen molar-refractivity contribution in [3.63, 3.8) is 0 Å². The van der Waals surface area contributed by atoms with Gasteiger partial charge in [-0.3, -0.25) is 14.4 Å². The maximum atomic E-state index is 12.2. The van der Waals surface area contributed by atoms with Crippen LogP contribution in [0.3, 0.4) is 0 Å². The molecule has 0 radical (unpaired) electrons. The summed E-state index contributed by atoms with van der Waals surface area (Å²) in [5, 5.41) is 2.58. The SMILES string of the molecule is CCOc1ccc(S(=O)(=O)NCCC(=O)OCC(=O)c2ccc(NC(C)=O)cc2)cc1. The summed E-state index contributed by atoms with van der Waals surface area (Å²) in [6, 6.07) is 12.0. The first kappa shape index (κ1) is 24.0. The van der Waals surface area contributed by atoms with Crippen LogP contribution in [0.4, 0.5) is 5.69 Å². The van der Waals surface area contributed by atoms with Crippen molar-refractivity contribution in [1.82, 2.24) is 4.72 Å². The number of benzene rings is 2. The fraction of sp³-hybridized carbons (Fsp3) is 0.286. The molecule has 9 nitrogen and oxygen atoms in total. The first-order valence-electron chi connectivity index (χ1n) is 9.50. The Morgan fingerprint density at radius 3 is 2.19 bits per heavy atom. The quantitative estimate of drug-likeness (QED) is 0.398. The maximum absolute atomic E-state index is 12.2. The van der Waals surface area contributed by atoms with E-state index in [9.17, 15) is 22.8 Å². The molecule has 0 aliphatic heterocycles. The summed E-state index contributed by atoms with van der Waals surface area (Å²) in [7, 11) is -3.78. The minimum atomic E-state index is -3.78. The third-order valence-electron chi connectivity index (χ3n) is 3.96. The summed E-state index contributed by atoms with van der Waals surface area (Å²) < 4.78 is 37.0. The Bertz CT molecular complexity index is 1020. The molecule has 0 atom stereocenters. The molecule has 0 aliphatic rings. The van der Waals surface area contributed by atoms with Crippen molar-refractivity contribution >= 4 is 33.4 Å². The Morgan fingerprint density at radius 2 is 1.61 bits per heavy atom. The van der Waals surface area contributed by atoms with E-state index in [4.69, 9.17) is 9.47 Å². The first-order chi connectivity index (χ1) is 14.7. The fourth-order valence-corrected chi connectivity index (χ4v) is 3.53. The van der Waals surface area contributed by atoms with Gasteiger partial charge in [-0.1, -0.05) is 0 Å². The molecule has 0 aliphatic carbocycles. The van der Waals surface area contributed by atoms with Crippen LogP contribution in [0, 0.1) is 0 Å². The zero-order valence-electron chi connectivity index (χ0n) is 17.2. The minimum absolute atomic E-state index is 0.0437. The number of ketones is 1. The number of rotatable bonds is 11. The molecule has 0 saturated carbocycles. The van der Waals surface area contributed by atoms with Crippen molar-refractivity contribution in [2.24, 2.45) is 0 Å². The molecule has 0 saturated heterocycles. The summed E-state index contributed by atoms with van der Waals surface area (Å²) in [4.78, 5) is 34.9. The highest BCUT2D eigenvalue weighted by atomic mass is 32.2. The number of Topliss-reactive ketones (excluding diaryl/α,β-unsaturated/α-hetero) is 1. The van der Waals surface area contributed by atoms with Crippen LogP contribution >= 0.6 is 0 Å². The van der Waals surface area contributed by atoms with Gasteiger partial charge in [0.15, 0.2) is 12.4 Å². The largest absolute Gasteiger partial charge is 0.494 e. The minimum Gasteiger partial charge on any atom is -0.494 e. The van der Waals surface area contributed by atoms with Crippen LogP contribution in [0.2, 0.25) is 0 Å². The number of nitrogens with one attached hydrogen (secondary N) is 2. The van der Waals surface area contributed by atoms with Crippen LogP contribution < -0.4 is 14.8 Å². The molecule has 1 amide bonds. The van der Waals surface area contributed by atoms with E-state index in [0.29, 0.717) is 23.6 Å². The molecule has 2 aromatic carbocycles. The zero-order valence-corrected chi connectivity index (χ0v) is 18.0. The average molecular weight is 448 g/mol. The van der Waals surface area contributed by atoms with Gasteiger partial charge in [-0.15, -0.1) is 0 Å². The van der Waals surface area contributed by atoms with Gasteiger partial charge in [0.25, 0.3) is 0 Å². The van der Waals surface area contributed by atoms with E-state index in [0.717, 1.165) is 0 Å². The molecule has 0 unspecified atom stereocenters. The molecule has 0 fully saturated rings. The second kappa shape index (κ2) is 11.2. The molecule has 0 heterocycles. The summed E-state index contributed by atoms with van der Waals surface area (Å²) >= 11 is 0. The summed E-state index contributed by atoms with van der Waals surface area (Å²) in [5.74, 6) is -0.805. The Hall–Kier alpha value is -3.24. The molecule has 0 aromatic heterocycles. The zero-order chi connectivity index (χ0) is 22.9. The number of esters is 1. The molecular formula is C21H24N2O7S. The first-order valence-corrected chi connectivity index (χ1v) is 11.0. The number of hydrogen-bond acceptors (Lipinski definition) is 7. The normalized spacial score (nSPS) is 10.9. The third-order valence-corrected chi connectivity index (χ3v) is 5.43. The van der Waals surface area contributed by atoms with E-state index in [2.05, 4.69) is 10.0 Å². The Labute approximate surface area is 180 Å². The van der Waals surface area contributed by atoms with Gasteiger partial charge in [-0.05, 0) is 55.5 Å². The molecule has 2 aromatic rings. The lowest BCUT2D eigenvalue weighted by Gasteiger charge is -2.08. The molecule has 10 heteroatoms. The topological polar surface area (TPSA) is 128 Å². The fourth-order valence-electron chi connectivity index (χ4n) is 2.50. The molecular weight excluding hydrogens is 424 g/mol. The van der Waals surface area contributed by atoms with Crippen molar-refractivity contribution in [2.45, 2.75) is 25.2 Å². The number of amides is 1. The lowest BCUT2D eigenvalue weighted by atomic mass is 10.1. The standard InChI is InChI=1S/C21H24N2O7S/c1-3-29-18-8-10-19(11-9-18)31(27,28)22-13-12-21(26)30-14-20(25)16-4-6-17(7-5-16)23-15(2)24/h4-11,22H,3,12-14H2,1-2H3,(H,23,24). The molecule has 2 N–H and O–H groups in total. The third kappa shape index (κ3) is 7.83. The number of carbonyl (C=O) groups excluding carboxylic acids is 3. The summed E-state index contributed by atoms with van der Waals surface area (Å²) in [5.41, 5.74) is 0.860. The van der Waals surface area contributed by atoms with E-state index >= 15 is 0 Å². The van der Waals surface area contributed by atoms with Gasteiger partial charge in [0.1, 0.15) is 5.75 Å². The van der Waals surface area contributed by atoms with Crippen LogP contribution in [0.5, 0.6) is 5.75 Å². The number of anilines is 1. The number of hydrogen-bond donors (Lipinski definition) is 2. The second-order valence-electron chi connectivity index (χ2n) is 6.39. The molecule has 166 valence electrons. The van der Waals surface area contributed by atoms with Gasteiger partial charge < -0.3 is 14.8 Å². The highest BCUT2D eigenvalue weighted by Crippen LogP contribution is 2.16. The molecule has 0 bridgehead atoms. The van der Waals surface area contributed by atoms with E-state index in [1.165, 1.54) is 31.2 Å². The van der Waals surface area contributed by atoms with Crippen molar-refractivity contribution in [2.75, 3.05) is 25.1 Å². The lowest BCUT2D eigenvalue weighted by molar-refractivity contribution is -0.142. The van der Waals surface area contributed by atoms with Crippen LogP contribution in [-0.2, 0) is 24.3 Å². The van der Waals surface area contributed by atoms with Crippen LogP contribution in [0.25, 0.3) is 0 Å². The second-order valence-corrected chi connectivity index (χ2v) is 8.16. The van der Waals surface area contributed by atoms with E-state index < -0.39 is 28.4 Å². The molecule has 31 heavy (non-hydrogen) atoms. The molecule has 2 rings (SSSR count). The van der Waals surface area contributed by atoms with Crippen LogP contribution in [-0.4, -0.2) is 45.8 Å². The number of sulfonamides is 1. The molecule has 0 spiro atoms. The van der Waals surface area contributed by atoms with Gasteiger partial charge in [0, 0.05) is 24.7 Å². The highest BCUT2D eigenvalue weighted by Gasteiger charge is 2.15. The van der Waals surface area contributed by atoms with Crippen molar-refractivity contribution in [3.05, 3.63) is 54.1 Å². The van der Waals surface area contributed by atoms with Gasteiger partial charge in [0.2, 0.25) is 15.9 Å². The summed E-state index contributed by atoms with van der Waals surface area (Å²) in [6.07, 6.45) is -0.231. The Morgan fingerprint density at radius 1 is 0.968 bits per heavy atom. The summed E-state index contributed by atoms with van der Waals surface area (Å²) in [6.45, 7) is 3.02.